The molecule has 2 N–H and O–H groups in total. The number of amides is 3. The van der Waals surface area contributed by atoms with Gasteiger partial charge < -0.3 is 24.5 Å². The van der Waals surface area contributed by atoms with Crippen LogP contribution in [-0.4, -0.2) is 63.9 Å². The van der Waals surface area contributed by atoms with Crippen molar-refractivity contribution >= 4 is 61.2 Å². The monoisotopic (exact) mass is 659 g/mol. The maximum Gasteiger partial charge on any atom is 0.408 e. The van der Waals surface area contributed by atoms with E-state index in [0.29, 0.717) is 46.6 Å². The normalized spacial score (nSPS) is 15.0. The number of piperidine rings is 1. The lowest BCUT2D eigenvalue weighted by Crippen LogP contribution is -2.51. The summed E-state index contributed by atoms with van der Waals surface area (Å²) >= 11 is 14.0. The van der Waals surface area contributed by atoms with Crippen LogP contribution in [0.3, 0.4) is 0 Å². The van der Waals surface area contributed by atoms with Gasteiger partial charge in [-0.05, 0) is 72.6 Å². The zero-order valence-corrected chi connectivity index (χ0v) is 28.3. The molecule has 3 rings (SSSR count). The molecule has 42 heavy (non-hydrogen) atoms. The number of nitrogens with zero attached hydrogens (tertiary/aromatic N) is 3. The molecule has 14 heteroatoms. The summed E-state index contributed by atoms with van der Waals surface area (Å²) in [6, 6.07) is 4.81. The van der Waals surface area contributed by atoms with Crippen LogP contribution in [0.5, 0.6) is 5.75 Å². The molecule has 1 aromatic heterocycles. The number of aryl methyl sites for hydroxylation is 1. The van der Waals surface area contributed by atoms with Gasteiger partial charge in [-0.2, -0.15) is 5.10 Å². The van der Waals surface area contributed by atoms with Crippen molar-refractivity contribution in [1.29, 1.82) is 0 Å². The van der Waals surface area contributed by atoms with Crippen LogP contribution < -0.4 is 14.8 Å². The molecule has 1 fully saturated rings. The van der Waals surface area contributed by atoms with Gasteiger partial charge in [0.25, 0.3) is 0 Å². The molecule has 1 saturated heterocycles. The minimum atomic E-state index is -0.797. The van der Waals surface area contributed by atoms with Crippen molar-refractivity contribution < 1.29 is 23.3 Å². The molecule has 232 valence electrons. The zero-order chi connectivity index (χ0) is 31.2. The molecule has 3 amide bonds. The molecular formula is C28H40Cl2N5O5PS. The third kappa shape index (κ3) is 9.40. The Labute approximate surface area is 264 Å². The average Bonchev–Trinajstić information content (AvgIpc) is 3.29. The Morgan fingerprint density at radius 2 is 1.83 bits per heavy atom. The first kappa shape index (κ1) is 34.3. The van der Waals surface area contributed by atoms with Crippen LogP contribution in [0.15, 0.2) is 18.2 Å². The van der Waals surface area contributed by atoms with Gasteiger partial charge in [0.1, 0.15) is 16.7 Å². The Kier molecular flexibility index (Phi) is 12.2. The number of benzene rings is 1. The molecule has 1 unspecified atom stereocenters. The average molecular weight is 661 g/mol. The molecule has 0 saturated carbocycles. The first-order valence-corrected chi connectivity index (χ1v) is 16.8. The number of carbonyl (C=O) groups is 3. The topological polar surface area (TPSA) is 115 Å². The van der Waals surface area contributed by atoms with Crippen molar-refractivity contribution in [3.8, 4) is 17.0 Å². The molecule has 2 aromatic rings. The molecule has 0 spiro atoms. The Morgan fingerprint density at radius 3 is 2.43 bits per heavy atom. The maximum atomic E-state index is 12.9. The second-order valence-electron chi connectivity index (χ2n) is 11.7. The van der Waals surface area contributed by atoms with Crippen molar-refractivity contribution in [3.63, 3.8) is 0 Å². The number of halogens is 2. The van der Waals surface area contributed by atoms with E-state index in [4.69, 9.17) is 32.1 Å². The fourth-order valence-corrected chi connectivity index (χ4v) is 5.87. The van der Waals surface area contributed by atoms with Gasteiger partial charge in [-0.1, -0.05) is 37.0 Å². The van der Waals surface area contributed by atoms with E-state index in [2.05, 4.69) is 24.2 Å². The van der Waals surface area contributed by atoms with Crippen LogP contribution in [0, 0.1) is 5.92 Å². The fourth-order valence-electron chi connectivity index (χ4n) is 4.82. The summed E-state index contributed by atoms with van der Waals surface area (Å²) in [5, 5.41) is 10.7. The smallest absolute Gasteiger partial charge is 0.408 e. The summed E-state index contributed by atoms with van der Waals surface area (Å²) in [5.74, 6) is 0.253. The lowest BCUT2D eigenvalue weighted by molar-refractivity contribution is -0.134. The van der Waals surface area contributed by atoms with Crippen molar-refractivity contribution in [2.24, 2.45) is 13.0 Å². The van der Waals surface area contributed by atoms with E-state index in [-0.39, 0.29) is 24.3 Å². The van der Waals surface area contributed by atoms with Crippen LogP contribution in [0.25, 0.3) is 11.3 Å². The highest BCUT2D eigenvalue weighted by Gasteiger charge is 2.29. The number of likely N-dealkylation sites (tertiary alicyclic amines) is 1. The largest absolute Gasteiger partial charge is 0.444 e. The highest BCUT2D eigenvalue weighted by Crippen LogP contribution is 2.41. The van der Waals surface area contributed by atoms with E-state index >= 15 is 0 Å². The molecule has 0 bridgehead atoms. The first-order chi connectivity index (χ1) is 19.7. The number of ether oxygens (including phenoxy) is 1. The maximum absolute atomic E-state index is 12.9. The Hall–Kier alpha value is -2.20. The van der Waals surface area contributed by atoms with E-state index in [9.17, 15) is 14.4 Å². The number of carbonyl (C=O) groups excluding carboxylic acids is 3. The van der Waals surface area contributed by atoms with Gasteiger partial charge in [0.2, 0.25) is 11.8 Å². The number of alkyl carbamates (subject to hydrolysis) is 1. The predicted octanol–water partition coefficient (Wildman–Crippen LogP) is 5.97. The van der Waals surface area contributed by atoms with E-state index in [1.807, 2.05) is 37.7 Å². The van der Waals surface area contributed by atoms with Crippen molar-refractivity contribution in [3.05, 3.63) is 33.9 Å². The highest BCUT2D eigenvalue weighted by molar-refractivity contribution is 8.41. The number of aromatic nitrogens is 2. The van der Waals surface area contributed by atoms with Gasteiger partial charge in [-0.15, -0.1) is 0 Å². The van der Waals surface area contributed by atoms with Crippen molar-refractivity contribution in [2.75, 3.05) is 19.6 Å². The SMILES string of the molecule is CC(C)C[C@H](NC(=O)OC(C)(C)C)C(=O)NCC(=O)N1CCC(c2cc(-c3ccc(OSP)c(Cl)c3Cl)nn2C)CC1. The number of nitrogens with one attached hydrogen (secondary N) is 2. The second-order valence-corrected chi connectivity index (χ2v) is 13.4. The van der Waals surface area contributed by atoms with Gasteiger partial charge in [0.15, 0.2) is 5.75 Å². The number of rotatable bonds is 10. The molecule has 1 aliphatic heterocycles. The highest BCUT2D eigenvalue weighted by atomic mass is 35.5. The van der Waals surface area contributed by atoms with Crippen LogP contribution in [0.2, 0.25) is 10.0 Å². The fraction of sp³-hybridized carbons (Fsp3) is 0.571. The van der Waals surface area contributed by atoms with Crippen LogP contribution in [0.4, 0.5) is 4.79 Å². The third-order valence-electron chi connectivity index (χ3n) is 6.77. The van der Waals surface area contributed by atoms with Gasteiger partial charge in [0, 0.05) is 37.3 Å². The van der Waals surface area contributed by atoms with Crippen molar-refractivity contribution in [1.82, 2.24) is 25.3 Å². The predicted molar refractivity (Wildman–Crippen MR) is 171 cm³/mol. The quantitative estimate of drug-likeness (QED) is 0.238. The molecule has 2 heterocycles. The minimum absolute atomic E-state index is 0.141. The Bertz CT molecular complexity index is 1280. The number of hydrogen-bond donors (Lipinski definition) is 2. The lowest BCUT2D eigenvalue weighted by Gasteiger charge is -2.32. The van der Waals surface area contributed by atoms with Crippen LogP contribution >= 0.6 is 43.3 Å². The first-order valence-electron chi connectivity index (χ1n) is 13.8. The van der Waals surface area contributed by atoms with Crippen molar-refractivity contribution in [2.45, 2.75) is 71.4 Å². The Morgan fingerprint density at radius 1 is 1.17 bits per heavy atom. The zero-order valence-electron chi connectivity index (χ0n) is 24.8. The molecule has 2 atom stereocenters. The van der Waals surface area contributed by atoms with E-state index in [0.717, 1.165) is 30.2 Å². The second kappa shape index (κ2) is 15.0. The van der Waals surface area contributed by atoms with Crippen LogP contribution in [-0.2, 0) is 21.4 Å². The van der Waals surface area contributed by atoms with Gasteiger partial charge in [0.05, 0.1) is 28.9 Å². The number of hydrogen-bond acceptors (Lipinski definition) is 7. The summed E-state index contributed by atoms with van der Waals surface area (Å²) < 4.78 is 12.6. The van der Waals surface area contributed by atoms with E-state index in [1.165, 1.54) is 0 Å². The summed E-state index contributed by atoms with van der Waals surface area (Å²) in [5.41, 5.74) is 1.78. The third-order valence-corrected chi connectivity index (χ3v) is 8.20. The summed E-state index contributed by atoms with van der Waals surface area (Å²) in [4.78, 5) is 39.8. The molecule has 1 aromatic carbocycles. The molecule has 10 nitrogen and oxygen atoms in total. The summed E-state index contributed by atoms with van der Waals surface area (Å²) in [6.07, 6.45) is 1.26. The Balaban J connectivity index is 1.57. The van der Waals surface area contributed by atoms with Gasteiger partial charge in [-0.25, -0.2) is 4.79 Å². The standard InChI is InChI=1S/C28H40Cl2N5O5PS/c1-16(2)13-20(32-27(38)39-28(3,4)5)26(37)31-15-23(36)35-11-9-17(10-12-35)21-14-19(33-34(21)6)18-7-8-22(40-42-41)25(30)24(18)29/h7-8,14,16-17,20H,9-13,15,41H2,1-6H3,(H,31,37)(H,32,38)/t20-/m0/s1. The van der Waals surface area contributed by atoms with Gasteiger partial charge >= 0.3 is 6.09 Å². The summed E-state index contributed by atoms with van der Waals surface area (Å²) in [6.45, 7) is 10.1. The minimum Gasteiger partial charge on any atom is -0.444 e. The molecular weight excluding hydrogens is 620 g/mol. The van der Waals surface area contributed by atoms with E-state index in [1.54, 1.807) is 31.7 Å². The molecule has 0 aliphatic carbocycles. The molecule has 1 aliphatic rings. The van der Waals surface area contributed by atoms with Gasteiger partial charge in [-0.3, -0.25) is 14.3 Å². The van der Waals surface area contributed by atoms with Crippen LogP contribution in [0.1, 0.15) is 65.5 Å². The van der Waals surface area contributed by atoms with E-state index < -0.39 is 23.6 Å². The summed E-state index contributed by atoms with van der Waals surface area (Å²) in [7, 11) is 4.29. The lowest BCUT2D eigenvalue weighted by atomic mass is 9.92. The molecule has 0 radical (unpaired) electrons.